The highest BCUT2D eigenvalue weighted by molar-refractivity contribution is 4.68. The lowest BCUT2D eigenvalue weighted by molar-refractivity contribution is 0.0983. The molecule has 0 heterocycles. The number of hydrogen-bond acceptors (Lipinski definition) is 2. The van der Waals surface area contributed by atoms with Gasteiger partial charge in [-0.1, -0.05) is 20.8 Å². The third-order valence-corrected chi connectivity index (χ3v) is 1.94. The third kappa shape index (κ3) is 6.62. The minimum atomic E-state index is 0.315. The van der Waals surface area contributed by atoms with Gasteiger partial charge in [-0.3, -0.25) is 0 Å². The van der Waals surface area contributed by atoms with Gasteiger partial charge in [0.05, 0.1) is 6.61 Å². The Morgan fingerprint density at radius 1 is 1.25 bits per heavy atom. The molecule has 0 radical (unpaired) electrons. The van der Waals surface area contributed by atoms with E-state index in [0.717, 1.165) is 19.7 Å². The van der Waals surface area contributed by atoms with Crippen molar-refractivity contribution < 1.29 is 4.74 Å². The van der Waals surface area contributed by atoms with Gasteiger partial charge in [0.15, 0.2) is 0 Å². The van der Waals surface area contributed by atoms with Crippen LogP contribution < -0.4 is 5.32 Å². The fourth-order valence-corrected chi connectivity index (χ4v) is 1.19. The van der Waals surface area contributed by atoms with Crippen molar-refractivity contribution in [3.63, 3.8) is 0 Å². The van der Waals surface area contributed by atoms with Crippen LogP contribution in [0.4, 0.5) is 0 Å². The summed E-state index contributed by atoms with van der Waals surface area (Å²) >= 11 is 0. The second-order valence-corrected chi connectivity index (χ2v) is 4.10. The molecule has 12 heavy (non-hydrogen) atoms. The highest BCUT2D eigenvalue weighted by atomic mass is 16.5. The zero-order valence-electron chi connectivity index (χ0n) is 8.94. The van der Waals surface area contributed by atoms with Crippen LogP contribution in [0.3, 0.4) is 0 Å². The predicted molar refractivity (Wildman–Crippen MR) is 53.4 cm³/mol. The molecule has 1 N–H and O–H groups in total. The predicted octanol–water partition coefficient (Wildman–Crippen LogP) is 2.05. The molecule has 0 aromatic heterocycles. The molecular formula is C10H23NO. The van der Waals surface area contributed by atoms with E-state index in [1.165, 1.54) is 12.8 Å². The van der Waals surface area contributed by atoms with Crippen LogP contribution in [0.15, 0.2) is 0 Å². The van der Waals surface area contributed by atoms with Gasteiger partial charge in [0.25, 0.3) is 0 Å². The quantitative estimate of drug-likeness (QED) is 0.595. The smallest absolute Gasteiger partial charge is 0.0513 e. The van der Waals surface area contributed by atoms with E-state index in [2.05, 4.69) is 26.1 Å². The van der Waals surface area contributed by atoms with E-state index >= 15 is 0 Å². The van der Waals surface area contributed by atoms with Crippen LogP contribution >= 0.6 is 0 Å². The first-order chi connectivity index (χ1) is 5.62. The first-order valence-electron chi connectivity index (χ1n) is 4.82. The Labute approximate surface area is 76.7 Å². The first kappa shape index (κ1) is 11.9. The van der Waals surface area contributed by atoms with Crippen LogP contribution in [0.5, 0.6) is 0 Å². The molecule has 0 aliphatic rings. The van der Waals surface area contributed by atoms with Crippen LogP contribution in [-0.4, -0.2) is 26.8 Å². The van der Waals surface area contributed by atoms with E-state index in [0.29, 0.717) is 5.41 Å². The molecule has 0 rings (SSSR count). The van der Waals surface area contributed by atoms with Crippen LogP contribution in [0.1, 0.15) is 33.6 Å². The zero-order chi connectivity index (χ0) is 9.45. The largest absolute Gasteiger partial charge is 0.384 e. The topological polar surface area (TPSA) is 21.3 Å². The van der Waals surface area contributed by atoms with Crippen LogP contribution in [0.2, 0.25) is 0 Å². The summed E-state index contributed by atoms with van der Waals surface area (Å²) in [6.45, 7) is 9.75. The fourth-order valence-electron chi connectivity index (χ4n) is 1.19. The summed E-state index contributed by atoms with van der Waals surface area (Å²) in [6.07, 6.45) is 2.39. The van der Waals surface area contributed by atoms with Gasteiger partial charge in [-0.25, -0.2) is 0 Å². The minimum absolute atomic E-state index is 0.315. The SMILES string of the molecule is CCCNCCC(C)(C)COC. The second-order valence-electron chi connectivity index (χ2n) is 4.10. The number of hydrogen-bond donors (Lipinski definition) is 1. The lowest BCUT2D eigenvalue weighted by atomic mass is 9.90. The number of methoxy groups -OCH3 is 1. The highest BCUT2D eigenvalue weighted by Crippen LogP contribution is 2.19. The van der Waals surface area contributed by atoms with Crippen molar-refractivity contribution in [2.45, 2.75) is 33.6 Å². The molecule has 0 unspecified atom stereocenters. The molecule has 0 amide bonds. The molecular weight excluding hydrogens is 150 g/mol. The normalized spacial score (nSPS) is 12.0. The number of rotatable bonds is 7. The van der Waals surface area contributed by atoms with Crippen molar-refractivity contribution in [3.05, 3.63) is 0 Å². The standard InChI is InChI=1S/C10H23NO/c1-5-7-11-8-6-10(2,3)9-12-4/h11H,5-9H2,1-4H3. The van der Waals surface area contributed by atoms with Crippen molar-refractivity contribution in [3.8, 4) is 0 Å². The summed E-state index contributed by atoms with van der Waals surface area (Å²) in [7, 11) is 1.77. The van der Waals surface area contributed by atoms with Gasteiger partial charge in [0, 0.05) is 7.11 Å². The van der Waals surface area contributed by atoms with Crippen molar-refractivity contribution in [2.24, 2.45) is 5.41 Å². The average molecular weight is 173 g/mol. The molecule has 2 nitrogen and oxygen atoms in total. The Hall–Kier alpha value is -0.0800. The summed E-state index contributed by atoms with van der Waals surface area (Å²) in [5.41, 5.74) is 0.315. The molecule has 0 saturated carbocycles. The summed E-state index contributed by atoms with van der Waals surface area (Å²) in [5, 5.41) is 3.39. The second kappa shape index (κ2) is 6.44. The van der Waals surface area contributed by atoms with E-state index < -0.39 is 0 Å². The summed E-state index contributed by atoms with van der Waals surface area (Å²) in [6, 6.07) is 0. The van der Waals surface area contributed by atoms with Gasteiger partial charge in [-0.15, -0.1) is 0 Å². The van der Waals surface area contributed by atoms with E-state index in [4.69, 9.17) is 4.74 Å². The molecule has 74 valence electrons. The monoisotopic (exact) mass is 173 g/mol. The van der Waals surface area contributed by atoms with Crippen LogP contribution in [0, 0.1) is 5.41 Å². The van der Waals surface area contributed by atoms with E-state index in [9.17, 15) is 0 Å². The van der Waals surface area contributed by atoms with Crippen LogP contribution in [0.25, 0.3) is 0 Å². The van der Waals surface area contributed by atoms with Crippen LogP contribution in [-0.2, 0) is 4.74 Å². The van der Waals surface area contributed by atoms with Crippen molar-refractivity contribution in [1.29, 1.82) is 0 Å². The molecule has 2 heteroatoms. The van der Waals surface area contributed by atoms with Gasteiger partial charge in [-0.2, -0.15) is 0 Å². The molecule has 0 bridgehead atoms. The maximum Gasteiger partial charge on any atom is 0.0513 e. The van der Waals surface area contributed by atoms with Gasteiger partial charge >= 0.3 is 0 Å². The summed E-state index contributed by atoms with van der Waals surface area (Å²) in [5.74, 6) is 0. The zero-order valence-corrected chi connectivity index (χ0v) is 8.94. The Morgan fingerprint density at radius 3 is 2.42 bits per heavy atom. The molecule has 0 atom stereocenters. The Balaban J connectivity index is 3.33. The maximum absolute atomic E-state index is 5.14. The first-order valence-corrected chi connectivity index (χ1v) is 4.82. The Kier molecular flexibility index (Phi) is 6.39. The van der Waals surface area contributed by atoms with Gasteiger partial charge in [-0.05, 0) is 31.3 Å². The lowest BCUT2D eigenvalue weighted by Crippen LogP contribution is -2.26. The molecule has 0 fully saturated rings. The van der Waals surface area contributed by atoms with Crippen molar-refractivity contribution >= 4 is 0 Å². The summed E-state index contributed by atoms with van der Waals surface area (Å²) in [4.78, 5) is 0. The van der Waals surface area contributed by atoms with Crippen molar-refractivity contribution in [2.75, 3.05) is 26.8 Å². The molecule has 0 spiro atoms. The Bertz CT molecular complexity index is 102. The fraction of sp³-hybridized carbons (Fsp3) is 1.00. The number of nitrogens with one attached hydrogen (secondary N) is 1. The number of ether oxygens (including phenoxy) is 1. The molecule has 0 saturated heterocycles. The highest BCUT2D eigenvalue weighted by Gasteiger charge is 2.16. The molecule has 0 aliphatic heterocycles. The van der Waals surface area contributed by atoms with E-state index in [-0.39, 0.29) is 0 Å². The van der Waals surface area contributed by atoms with E-state index in [1.807, 2.05) is 0 Å². The Morgan fingerprint density at radius 2 is 1.92 bits per heavy atom. The average Bonchev–Trinajstić information content (AvgIpc) is 1.98. The summed E-state index contributed by atoms with van der Waals surface area (Å²) < 4.78 is 5.14. The van der Waals surface area contributed by atoms with E-state index in [1.54, 1.807) is 7.11 Å². The maximum atomic E-state index is 5.14. The molecule has 0 aromatic rings. The van der Waals surface area contributed by atoms with Gasteiger partial charge in [0.2, 0.25) is 0 Å². The minimum Gasteiger partial charge on any atom is -0.384 e. The van der Waals surface area contributed by atoms with Gasteiger partial charge in [0.1, 0.15) is 0 Å². The van der Waals surface area contributed by atoms with Crippen molar-refractivity contribution in [1.82, 2.24) is 5.32 Å². The third-order valence-electron chi connectivity index (χ3n) is 1.94. The van der Waals surface area contributed by atoms with Gasteiger partial charge < -0.3 is 10.1 Å². The molecule has 0 aromatic carbocycles. The molecule has 0 aliphatic carbocycles. The lowest BCUT2D eigenvalue weighted by Gasteiger charge is -2.23.